The zero-order chi connectivity index (χ0) is 47.5. The van der Waals surface area contributed by atoms with E-state index in [2.05, 4.69) is 48.2 Å². The van der Waals surface area contributed by atoms with E-state index in [1.807, 2.05) is 12.2 Å². The van der Waals surface area contributed by atoms with Gasteiger partial charge in [-0.1, -0.05) is 283 Å². The minimum absolute atomic E-state index is 0. The van der Waals surface area contributed by atoms with E-state index in [1.165, 1.54) is 218 Å². The fourth-order valence-corrected chi connectivity index (χ4v) is 9.01. The molecule has 0 fully saturated rings. The average molecular weight is 988 g/mol. The zero-order valence-corrected chi connectivity index (χ0v) is 47.2. The molecule has 0 aliphatic carbocycles. The molecule has 0 aromatic carbocycles. The normalized spacial score (nSPS) is 13.0. The second-order valence-corrected chi connectivity index (χ2v) is 21.0. The molecule has 0 aliphatic rings. The van der Waals surface area contributed by atoms with Crippen LogP contribution in [0.1, 0.15) is 297 Å². The van der Waals surface area contributed by atoms with Crippen LogP contribution in [0.15, 0.2) is 24.3 Å². The third-order valence-corrected chi connectivity index (χ3v) is 13.3. The van der Waals surface area contributed by atoms with E-state index < -0.39 is 20.8 Å². The van der Waals surface area contributed by atoms with E-state index in [4.69, 9.17) is 0 Å². The Morgan fingerprint density at radius 2 is 0.538 bits per heavy atom. The largest absolute Gasteiger partial charge is 2.00 e. The van der Waals surface area contributed by atoms with E-state index in [1.54, 1.807) is 0 Å². The minimum Gasteiger partial charge on any atom is -0.726 e. The molecular formula is C54H106CaO8S2. The molecule has 2 unspecified atom stereocenters. The maximum atomic E-state index is 10.8. The molecule has 2 atom stereocenters. The van der Waals surface area contributed by atoms with Crippen molar-refractivity contribution < 1.29 is 34.3 Å². The van der Waals surface area contributed by atoms with Crippen molar-refractivity contribution in [1.29, 1.82) is 0 Å². The van der Waals surface area contributed by atoms with E-state index in [0.717, 1.165) is 51.4 Å². The van der Waals surface area contributed by atoms with Crippen molar-refractivity contribution in [2.75, 3.05) is 13.2 Å². The molecule has 0 rings (SSSR count). The van der Waals surface area contributed by atoms with Crippen LogP contribution >= 0.6 is 0 Å². The summed E-state index contributed by atoms with van der Waals surface area (Å²) in [6.45, 7) is 8.86. The van der Waals surface area contributed by atoms with Gasteiger partial charge in [0.25, 0.3) is 0 Å². The van der Waals surface area contributed by atoms with Gasteiger partial charge >= 0.3 is 37.7 Å². The Bertz CT molecular complexity index is 1100. The Morgan fingerprint density at radius 3 is 0.754 bits per heavy atom. The predicted molar refractivity (Wildman–Crippen MR) is 279 cm³/mol. The van der Waals surface area contributed by atoms with Gasteiger partial charge in [0.1, 0.15) is 0 Å². The second-order valence-electron chi connectivity index (χ2n) is 18.9. The summed E-state index contributed by atoms with van der Waals surface area (Å²) in [5.41, 5.74) is 0. The third kappa shape index (κ3) is 64.5. The molecule has 0 spiro atoms. The summed E-state index contributed by atoms with van der Waals surface area (Å²) in [4.78, 5) is 0. The molecule has 0 amide bonds. The molecule has 0 radical (unpaired) electrons. The fraction of sp³-hybridized carbons (Fsp3) is 0.926. The van der Waals surface area contributed by atoms with Gasteiger partial charge in [0.05, 0.1) is 13.2 Å². The van der Waals surface area contributed by atoms with Crippen molar-refractivity contribution >= 4 is 58.5 Å². The number of hydrogen-bond donors (Lipinski definition) is 0. The predicted octanol–water partition coefficient (Wildman–Crippen LogP) is 17.4. The molecule has 65 heavy (non-hydrogen) atoms. The minimum atomic E-state index is -4.60. The maximum absolute atomic E-state index is 10.8. The molecule has 0 aliphatic heterocycles. The number of unbranched alkanes of at least 4 members (excludes halogenated alkanes) is 36. The van der Waals surface area contributed by atoms with Crippen molar-refractivity contribution in [2.24, 2.45) is 11.8 Å². The summed E-state index contributed by atoms with van der Waals surface area (Å²) in [6, 6.07) is 0. The molecule has 11 heteroatoms. The first-order valence-corrected chi connectivity index (χ1v) is 30.2. The molecule has 0 aromatic heterocycles. The first-order valence-electron chi connectivity index (χ1n) is 27.5. The van der Waals surface area contributed by atoms with Crippen LogP contribution in [-0.2, 0) is 29.2 Å². The van der Waals surface area contributed by atoms with Crippen molar-refractivity contribution in [3.63, 3.8) is 0 Å². The summed E-state index contributed by atoms with van der Waals surface area (Å²) in [7, 11) is -9.21. The SMILES string of the molecule is CCCCC/C=C/C(CCCCCCCCCCCCCCCCCC)COS(=O)(=O)[O-].CCCCC/C=C/C(CCCCCCCCCCCCCCCCCC)COS(=O)(=O)[O-].[Ca+2]. The monoisotopic (exact) mass is 987 g/mol. The van der Waals surface area contributed by atoms with Crippen LogP contribution in [0.5, 0.6) is 0 Å². The second kappa shape index (κ2) is 55.4. The van der Waals surface area contributed by atoms with Crippen molar-refractivity contribution in [1.82, 2.24) is 0 Å². The van der Waals surface area contributed by atoms with Gasteiger partial charge in [-0.25, -0.2) is 16.8 Å². The third-order valence-electron chi connectivity index (χ3n) is 12.5. The van der Waals surface area contributed by atoms with Crippen LogP contribution in [0, 0.1) is 11.8 Å². The van der Waals surface area contributed by atoms with Crippen LogP contribution in [0.3, 0.4) is 0 Å². The molecule has 0 heterocycles. The zero-order valence-electron chi connectivity index (χ0n) is 43.4. The Morgan fingerprint density at radius 1 is 0.338 bits per heavy atom. The van der Waals surface area contributed by atoms with E-state index in [0.29, 0.717) is 0 Å². The summed E-state index contributed by atoms with van der Waals surface area (Å²) in [5, 5.41) is 0. The van der Waals surface area contributed by atoms with E-state index >= 15 is 0 Å². The number of hydrogen-bond acceptors (Lipinski definition) is 8. The topological polar surface area (TPSA) is 133 Å². The van der Waals surface area contributed by atoms with E-state index in [-0.39, 0.29) is 62.8 Å². The molecule has 0 N–H and O–H groups in total. The van der Waals surface area contributed by atoms with Crippen LogP contribution in [0.25, 0.3) is 0 Å². The van der Waals surface area contributed by atoms with Crippen LogP contribution in [-0.4, -0.2) is 76.9 Å². The average Bonchev–Trinajstić information content (AvgIpc) is 3.25. The Hall–Kier alpha value is 0.480. The van der Waals surface area contributed by atoms with Gasteiger partial charge in [-0.15, -0.1) is 0 Å². The Balaban J connectivity index is -0.00000116. The van der Waals surface area contributed by atoms with Gasteiger partial charge in [0.15, 0.2) is 0 Å². The van der Waals surface area contributed by atoms with Crippen molar-refractivity contribution in [2.45, 2.75) is 297 Å². The molecule has 8 nitrogen and oxygen atoms in total. The summed E-state index contributed by atoms with van der Waals surface area (Å²) < 4.78 is 73.7. The van der Waals surface area contributed by atoms with Gasteiger partial charge in [0, 0.05) is 11.8 Å². The molecule has 0 aromatic rings. The summed E-state index contributed by atoms with van der Waals surface area (Å²) in [5.74, 6) is 0.0407. The number of rotatable bonds is 50. The van der Waals surface area contributed by atoms with Crippen LogP contribution in [0.2, 0.25) is 0 Å². The smallest absolute Gasteiger partial charge is 0.726 e. The van der Waals surface area contributed by atoms with Gasteiger partial charge in [-0.3, -0.25) is 8.37 Å². The summed E-state index contributed by atoms with van der Waals surface area (Å²) in [6.07, 6.45) is 62.1. The quantitative estimate of drug-likeness (QED) is 0.0193. The van der Waals surface area contributed by atoms with Crippen molar-refractivity contribution in [3.05, 3.63) is 24.3 Å². The van der Waals surface area contributed by atoms with Crippen LogP contribution < -0.4 is 0 Å². The van der Waals surface area contributed by atoms with Gasteiger partial charge < -0.3 is 9.11 Å². The van der Waals surface area contributed by atoms with Gasteiger partial charge in [0.2, 0.25) is 20.8 Å². The molecule has 384 valence electrons. The van der Waals surface area contributed by atoms with E-state index in [9.17, 15) is 25.9 Å². The van der Waals surface area contributed by atoms with Gasteiger partial charge in [-0.2, -0.15) is 0 Å². The molecule has 0 saturated carbocycles. The summed E-state index contributed by atoms with van der Waals surface area (Å²) >= 11 is 0. The van der Waals surface area contributed by atoms with Gasteiger partial charge in [-0.05, 0) is 38.5 Å². The molecular weight excluding hydrogens is 881 g/mol. The number of allylic oxidation sites excluding steroid dienone is 2. The standard InChI is InChI=1S/2C27H54O4S.Ca/c2*1-3-5-7-9-10-11-12-13-14-15-16-17-18-19-21-23-25-27(26-31-32(28,29)30)24-22-20-8-6-4-2;/h2*22,24,27H,3-21,23,25-26H2,1-2H3,(H,28,29,30);/q;;+2/p-2/b2*24-22+;. The van der Waals surface area contributed by atoms with Crippen molar-refractivity contribution in [3.8, 4) is 0 Å². The maximum Gasteiger partial charge on any atom is 2.00 e. The Kier molecular flexibility index (Phi) is 59.4. The molecule has 0 bridgehead atoms. The first kappa shape index (κ1) is 69.7. The Labute approximate surface area is 436 Å². The molecule has 0 saturated heterocycles. The first-order chi connectivity index (χ1) is 31.0. The fourth-order valence-electron chi connectivity index (χ4n) is 8.32. The van der Waals surface area contributed by atoms with Crippen LogP contribution in [0.4, 0.5) is 0 Å².